The van der Waals surface area contributed by atoms with Gasteiger partial charge in [-0.05, 0) is 25.1 Å². The number of rotatable bonds is 4. The van der Waals surface area contributed by atoms with Gasteiger partial charge in [-0.15, -0.1) is 0 Å². The summed E-state index contributed by atoms with van der Waals surface area (Å²) in [5.74, 6) is 0.204. The van der Waals surface area contributed by atoms with E-state index in [1.165, 1.54) is 0 Å². The number of carbonyl (C=O) groups excluding carboxylic acids is 1. The Balaban J connectivity index is 1.84. The predicted octanol–water partition coefficient (Wildman–Crippen LogP) is 4.24. The molecule has 116 valence electrons. The average molecular weight is 328 g/mol. The van der Waals surface area contributed by atoms with Crippen LogP contribution in [0, 0.1) is 0 Å². The molecule has 0 radical (unpaired) electrons. The molecule has 0 saturated heterocycles. The van der Waals surface area contributed by atoms with Gasteiger partial charge >= 0.3 is 5.97 Å². The molecular weight excluding hydrogens is 314 g/mol. The van der Waals surface area contributed by atoms with Gasteiger partial charge in [-0.25, -0.2) is 4.79 Å². The second kappa shape index (κ2) is 6.67. The molecule has 3 rings (SSSR count). The Morgan fingerprint density at radius 1 is 1.17 bits per heavy atom. The third-order valence-electron chi connectivity index (χ3n) is 3.44. The smallest absolute Gasteiger partial charge is 0.367 e. The number of nitrogens with zero attached hydrogens (tertiary/aromatic N) is 1. The maximum Gasteiger partial charge on any atom is 0.367 e. The molecule has 0 aliphatic carbocycles. The second-order valence-corrected chi connectivity index (χ2v) is 5.44. The summed E-state index contributed by atoms with van der Waals surface area (Å²) in [7, 11) is 0. The van der Waals surface area contributed by atoms with Gasteiger partial charge in [-0.3, -0.25) is 0 Å². The number of para-hydroxylation sites is 1. The highest BCUT2D eigenvalue weighted by atomic mass is 35.5. The lowest BCUT2D eigenvalue weighted by Gasteiger charge is -2.10. The zero-order chi connectivity index (χ0) is 16.2. The van der Waals surface area contributed by atoms with Crippen molar-refractivity contribution in [1.82, 2.24) is 0 Å². The van der Waals surface area contributed by atoms with Gasteiger partial charge in [-0.2, -0.15) is 0 Å². The van der Waals surface area contributed by atoms with Crippen molar-refractivity contribution >= 4 is 29.4 Å². The van der Waals surface area contributed by atoms with Crippen LogP contribution in [0.3, 0.4) is 0 Å². The first kappa shape index (κ1) is 15.3. The van der Waals surface area contributed by atoms with Crippen molar-refractivity contribution in [2.45, 2.75) is 13.5 Å². The minimum absolute atomic E-state index is 0.345. The molecule has 1 heterocycles. The Morgan fingerprint density at radius 2 is 1.91 bits per heavy atom. The van der Waals surface area contributed by atoms with E-state index >= 15 is 0 Å². The summed E-state index contributed by atoms with van der Waals surface area (Å²) in [5.41, 5.74) is 2.66. The van der Waals surface area contributed by atoms with E-state index in [0.29, 0.717) is 28.7 Å². The maximum absolute atomic E-state index is 11.7. The SMILES string of the molecule is CC1=NOC(=O)/C1=C/c1ccccc1OCc1ccccc1Cl. The fraction of sp³-hybridized carbons (Fsp3) is 0.111. The van der Waals surface area contributed by atoms with Crippen molar-refractivity contribution in [3.63, 3.8) is 0 Å². The van der Waals surface area contributed by atoms with Gasteiger partial charge in [0.05, 0.1) is 11.3 Å². The highest BCUT2D eigenvalue weighted by Crippen LogP contribution is 2.25. The molecule has 2 aromatic carbocycles. The lowest BCUT2D eigenvalue weighted by molar-refractivity contribution is -0.136. The average Bonchev–Trinajstić information content (AvgIpc) is 2.87. The molecule has 1 aliphatic heterocycles. The monoisotopic (exact) mass is 327 g/mol. The van der Waals surface area contributed by atoms with Crippen LogP contribution in [0.25, 0.3) is 6.08 Å². The maximum atomic E-state index is 11.7. The van der Waals surface area contributed by atoms with Crippen molar-refractivity contribution in [2.75, 3.05) is 0 Å². The van der Waals surface area contributed by atoms with Gasteiger partial charge in [0, 0.05) is 16.1 Å². The first-order chi connectivity index (χ1) is 11.1. The first-order valence-corrected chi connectivity index (χ1v) is 7.46. The zero-order valence-electron chi connectivity index (χ0n) is 12.5. The lowest BCUT2D eigenvalue weighted by atomic mass is 10.1. The van der Waals surface area contributed by atoms with Crippen molar-refractivity contribution < 1.29 is 14.4 Å². The van der Waals surface area contributed by atoms with Gasteiger partial charge in [0.2, 0.25) is 0 Å². The van der Waals surface area contributed by atoms with Gasteiger partial charge in [0.15, 0.2) is 0 Å². The van der Waals surface area contributed by atoms with Crippen LogP contribution in [-0.4, -0.2) is 11.7 Å². The molecule has 0 saturated carbocycles. The standard InChI is InChI=1S/C18H14ClNO3/c1-12-15(18(21)23-20-12)10-13-6-3-5-9-17(13)22-11-14-7-2-4-8-16(14)19/h2-10H,11H2,1H3/b15-10+. The number of hydrogen-bond donors (Lipinski definition) is 0. The molecular formula is C18H14ClNO3. The Labute approximate surface area is 139 Å². The number of ether oxygens (including phenoxy) is 1. The summed E-state index contributed by atoms with van der Waals surface area (Å²) in [6, 6.07) is 15.0. The molecule has 2 aromatic rings. The van der Waals surface area contributed by atoms with Crippen LogP contribution >= 0.6 is 11.6 Å². The van der Waals surface area contributed by atoms with Gasteiger partial charge in [0.1, 0.15) is 12.4 Å². The molecule has 1 aliphatic rings. The van der Waals surface area contributed by atoms with Crippen molar-refractivity contribution in [3.05, 3.63) is 70.3 Å². The third-order valence-corrected chi connectivity index (χ3v) is 3.80. The Kier molecular flexibility index (Phi) is 4.44. The van der Waals surface area contributed by atoms with Crippen molar-refractivity contribution in [3.8, 4) is 5.75 Å². The summed E-state index contributed by atoms with van der Waals surface area (Å²) in [6.45, 7) is 2.07. The van der Waals surface area contributed by atoms with E-state index in [9.17, 15) is 4.79 Å². The molecule has 0 bridgehead atoms. The van der Waals surface area contributed by atoms with E-state index in [1.54, 1.807) is 13.0 Å². The van der Waals surface area contributed by atoms with Gasteiger partial charge < -0.3 is 9.57 Å². The number of benzene rings is 2. The number of oxime groups is 1. The van der Waals surface area contributed by atoms with E-state index < -0.39 is 5.97 Å². The molecule has 0 N–H and O–H groups in total. The highest BCUT2D eigenvalue weighted by Gasteiger charge is 2.22. The van der Waals surface area contributed by atoms with Gasteiger partial charge in [-0.1, -0.05) is 53.2 Å². The zero-order valence-corrected chi connectivity index (χ0v) is 13.2. The van der Waals surface area contributed by atoms with Crippen LogP contribution in [-0.2, 0) is 16.2 Å². The lowest BCUT2D eigenvalue weighted by Crippen LogP contribution is -2.03. The predicted molar refractivity (Wildman–Crippen MR) is 89.4 cm³/mol. The molecule has 5 heteroatoms. The molecule has 4 nitrogen and oxygen atoms in total. The van der Waals surface area contributed by atoms with Gasteiger partial charge in [0.25, 0.3) is 0 Å². The fourth-order valence-electron chi connectivity index (χ4n) is 2.18. The van der Waals surface area contributed by atoms with Crippen LogP contribution in [0.4, 0.5) is 0 Å². The van der Waals surface area contributed by atoms with E-state index in [1.807, 2.05) is 48.5 Å². The summed E-state index contributed by atoms with van der Waals surface area (Å²) < 4.78 is 5.86. The molecule has 0 aromatic heterocycles. The summed E-state index contributed by atoms with van der Waals surface area (Å²) in [5, 5.41) is 4.33. The van der Waals surface area contributed by atoms with Crippen LogP contribution < -0.4 is 4.74 Å². The largest absolute Gasteiger partial charge is 0.488 e. The van der Waals surface area contributed by atoms with E-state index in [-0.39, 0.29) is 0 Å². The van der Waals surface area contributed by atoms with Crippen molar-refractivity contribution in [1.29, 1.82) is 0 Å². The Bertz CT molecular complexity index is 811. The van der Waals surface area contributed by atoms with E-state index in [2.05, 4.69) is 9.99 Å². The Morgan fingerprint density at radius 3 is 2.65 bits per heavy atom. The third kappa shape index (κ3) is 3.43. The highest BCUT2D eigenvalue weighted by molar-refractivity contribution is 6.31. The van der Waals surface area contributed by atoms with Crippen LogP contribution in [0.1, 0.15) is 18.1 Å². The molecule has 0 spiro atoms. The summed E-state index contributed by atoms with van der Waals surface area (Å²) in [6.07, 6.45) is 1.72. The van der Waals surface area contributed by atoms with Crippen LogP contribution in [0.5, 0.6) is 5.75 Å². The fourth-order valence-corrected chi connectivity index (χ4v) is 2.37. The number of carbonyl (C=O) groups is 1. The first-order valence-electron chi connectivity index (χ1n) is 7.08. The van der Waals surface area contributed by atoms with Crippen LogP contribution in [0.15, 0.2) is 59.3 Å². The Hall–Kier alpha value is -2.59. The minimum atomic E-state index is -0.455. The topological polar surface area (TPSA) is 47.9 Å². The molecule has 23 heavy (non-hydrogen) atoms. The quantitative estimate of drug-likeness (QED) is 0.623. The van der Waals surface area contributed by atoms with E-state index in [0.717, 1.165) is 11.1 Å². The molecule has 0 atom stereocenters. The summed E-state index contributed by atoms with van der Waals surface area (Å²) in [4.78, 5) is 16.3. The number of halogens is 1. The van der Waals surface area contributed by atoms with E-state index in [4.69, 9.17) is 16.3 Å². The van der Waals surface area contributed by atoms with Crippen molar-refractivity contribution in [2.24, 2.45) is 5.16 Å². The normalized spacial score (nSPS) is 15.5. The molecule has 0 amide bonds. The second-order valence-electron chi connectivity index (χ2n) is 5.03. The van der Waals surface area contributed by atoms with Crippen LogP contribution in [0.2, 0.25) is 5.02 Å². The number of hydrogen-bond acceptors (Lipinski definition) is 4. The molecule has 0 fully saturated rings. The molecule has 0 unspecified atom stereocenters. The summed E-state index contributed by atoms with van der Waals surface area (Å²) >= 11 is 6.14. The minimum Gasteiger partial charge on any atom is -0.488 e.